The number of hydrogen-bond donors (Lipinski definition) is 1. The van der Waals surface area contributed by atoms with Crippen molar-refractivity contribution in [1.29, 1.82) is 0 Å². The predicted molar refractivity (Wildman–Crippen MR) is 43.3 cm³/mol. The van der Waals surface area contributed by atoms with Crippen LogP contribution in [0.2, 0.25) is 0 Å². The van der Waals surface area contributed by atoms with E-state index in [-0.39, 0.29) is 7.43 Å². The van der Waals surface area contributed by atoms with E-state index < -0.39 is 20.2 Å². The standard InChI is InChI=1S/C5H13O5P.CH4/c1-5(2,3)10-11(7,8)9-4-6;/h6H,4H2,1-3H3,(H,7,8);1H4/p-1. The Bertz CT molecular complexity index is 162. The molecule has 0 bridgehead atoms. The Balaban J connectivity index is 0. The topological polar surface area (TPSA) is 78.8 Å². The van der Waals surface area contributed by atoms with Crippen LogP contribution in [-0.4, -0.2) is 17.5 Å². The first-order chi connectivity index (χ1) is 4.77. The SMILES string of the molecule is C.CC(C)(C)OP(=O)([O-])OCO. The van der Waals surface area contributed by atoms with Crippen LogP contribution in [0.15, 0.2) is 0 Å². The molecule has 0 heterocycles. The quantitative estimate of drug-likeness (QED) is 0.539. The molecule has 0 aliphatic carbocycles. The maximum absolute atomic E-state index is 10.7. The third-order valence-corrected chi connectivity index (χ3v) is 1.80. The van der Waals surface area contributed by atoms with Gasteiger partial charge in [-0.2, -0.15) is 0 Å². The number of phosphoric ester groups is 1. The van der Waals surface area contributed by atoms with Gasteiger partial charge in [-0.3, -0.25) is 9.09 Å². The van der Waals surface area contributed by atoms with Crippen LogP contribution in [0, 0.1) is 0 Å². The Morgan fingerprint density at radius 3 is 2.17 bits per heavy atom. The van der Waals surface area contributed by atoms with Gasteiger partial charge in [0, 0.05) is 0 Å². The van der Waals surface area contributed by atoms with Crippen molar-refractivity contribution in [3.63, 3.8) is 0 Å². The molecule has 12 heavy (non-hydrogen) atoms. The maximum atomic E-state index is 10.7. The molecule has 0 aromatic carbocycles. The first-order valence-electron chi connectivity index (χ1n) is 3.04. The van der Waals surface area contributed by atoms with Gasteiger partial charge in [0.25, 0.3) is 7.82 Å². The van der Waals surface area contributed by atoms with E-state index >= 15 is 0 Å². The van der Waals surface area contributed by atoms with Gasteiger partial charge in [0.2, 0.25) is 0 Å². The van der Waals surface area contributed by atoms with Crippen LogP contribution in [0.3, 0.4) is 0 Å². The highest BCUT2D eigenvalue weighted by Gasteiger charge is 2.19. The molecule has 6 heteroatoms. The molecule has 0 saturated heterocycles. The van der Waals surface area contributed by atoms with Crippen LogP contribution in [0.25, 0.3) is 0 Å². The summed E-state index contributed by atoms with van der Waals surface area (Å²) in [6, 6.07) is 0. The van der Waals surface area contributed by atoms with Crippen molar-refractivity contribution in [3.8, 4) is 0 Å². The zero-order chi connectivity index (χ0) is 9.12. The average Bonchev–Trinajstić information content (AvgIpc) is 1.55. The molecule has 0 aromatic rings. The fourth-order valence-corrected chi connectivity index (χ4v) is 1.30. The van der Waals surface area contributed by atoms with Gasteiger partial charge < -0.3 is 14.5 Å². The summed E-state index contributed by atoms with van der Waals surface area (Å²) in [5.74, 6) is 0. The Hall–Kier alpha value is 0.0700. The second kappa shape index (κ2) is 4.94. The van der Waals surface area contributed by atoms with Crippen LogP contribution >= 0.6 is 7.82 Å². The molecular weight excluding hydrogens is 183 g/mol. The van der Waals surface area contributed by atoms with E-state index in [1.54, 1.807) is 20.8 Å². The van der Waals surface area contributed by atoms with Gasteiger partial charge in [0.1, 0.15) is 0 Å². The highest BCUT2D eigenvalue weighted by Crippen LogP contribution is 2.42. The number of aliphatic hydroxyl groups excluding tert-OH is 1. The second-order valence-corrected chi connectivity index (χ2v) is 4.24. The fraction of sp³-hybridized carbons (Fsp3) is 1.00. The van der Waals surface area contributed by atoms with Crippen LogP contribution in [0.5, 0.6) is 0 Å². The third-order valence-electron chi connectivity index (χ3n) is 0.602. The minimum atomic E-state index is -4.31. The third kappa shape index (κ3) is 8.17. The van der Waals surface area contributed by atoms with E-state index in [2.05, 4.69) is 9.05 Å². The molecule has 1 atom stereocenters. The smallest absolute Gasteiger partial charge is 0.270 e. The zero-order valence-electron chi connectivity index (χ0n) is 6.73. The van der Waals surface area contributed by atoms with Gasteiger partial charge in [-0.1, -0.05) is 7.43 Å². The summed E-state index contributed by atoms with van der Waals surface area (Å²) in [5, 5.41) is 8.12. The lowest BCUT2D eigenvalue weighted by atomic mass is 10.2. The number of hydrogen-bond acceptors (Lipinski definition) is 5. The van der Waals surface area contributed by atoms with Gasteiger partial charge in [-0.05, 0) is 20.8 Å². The molecule has 0 aliphatic heterocycles. The molecule has 1 N–H and O–H groups in total. The molecule has 0 aliphatic rings. The van der Waals surface area contributed by atoms with Crippen LogP contribution in [-0.2, 0) is 13.6 Å². The average molecular weight is 199 g/mol. The van der Waals surface area contributed by atoms with E-state index in [1.165, 1.54) is 0 Å². The van der Waals surface area contributed by atoms with Gasteiger partial charge in [0.15, 0.2) is 6.79 Å². The Kier molecular flexibility index (Phi) is 6.01. The molecule has 0 radical (unpaired) electrons. The van der Waals surface area contributed by atoms with Crippen molar-refractivity contribution < 1.29 is 23.6 Å². The summed E-state index contributed by atoms with van der Waals surface area (Å²) >= 11 is 0. The van der Waals surface area contributed by atoms with E-state index in [1.807, 2.05) is 0 Å². The molecule has 0 rings (SSSR count). The Morgan fingerprint density at radius 2 is 1.92 bits per heavy atom. The molecule has 0 spiro atoms. The van der Waals surface area contributed by atoms with Gasteiger partial charge in [0.05, 0.1) is 5.60 Å². The summed E-state index contributed by atoms with van der Waals surface area (Å²) in [5.41, 5.74) is -0.827. The van der Waals surface area contributed by atoms with Crippen molar-refractivity contribution >= 4 is 7.82 Å². The normalized spacial score (nSPS) is 16.4. The van der Waals surface area contributed by atoms with E-state index in [4.69, 9.17) is 5.11 Å². The molecular formula is C6H16O5P-. The van der Waals surface area contributed by atoms with Crippen molar-refractivity contribution in [2.45, 2.75) is 33.8 Å². The van der Waals surface area contributed by atoms with Crippen LogP contribution < -0.4 is 4.89 Å². The highest BCUT2D eigenvalue weighted by molar-refractivity contribution is 7.45. The summed E-state index contributed by atoms with van der Waals surface area (Å²) in [6.07, 6.45) is 0. The lowest BCUT2D eigenvalue weighted by Gasteiger charge is -2.29. The van der Waals surface area contributed by atoms with E-state index in [9.17, 15) is 9.46 Å². The number of rotatable bonds is 3. The first kappa shape index (κ1) is 14.6. The maximum Gasteiger partial charge on any atom is 0.270 e. The summed E-state index contributed by atoms with van der Waals surface area (Å²) < 4.78 is 19.1. The molecule has 0 aromatic heterocycles. The van der Waals surface area contributed by atoms with Crippen molar-refractivity contribution in [1.82, 2.24) is 0 Å². The van der Waals surface area contributed by atoms with Gasteiger partial charge in [-0.25, -0.2) is 0 Å². The Morgan fingerprint density at radius 1 is 1.50 bits per heavy atom. The molecule has 1 unspecified atom stereocenters. The number of phosphoric acid groups is 1. The van der Waals surface area contributed by atoms with Crippen LogP contribution in [0.4, 0.5) is 0 Å². The van der Waals surface area contributed by atoms with Crippen molar-refractivity contribution in [2.75, 3.05) is 6.79 Å². The molecule has 0 saturated carbocycles. The lowest BCUT2D eigenvalue weighted by molar-refractivity contribution is -0.238. The van der Waals surface area contributed by atoms with Crippen LogP contribution in [0.1, 0.15) is 28.2 Å². The van der Waals surface area contributed by atoms with Crippen molar-refractivity contribution in [3.05, 3.63) is 0 Å². The highest BCUT2D eigenvalue weighted by atomic mass is 31.2. The minimum Gasteiger partial charge on any atom is -0.756 e. The monoisotopic (exact) mass is 199 g/mol. The molecule has 5 nitrogen and oxygen atoms in total. The zero-order valence-corrected chi connectivity index (χ0v) is 7.63. The largest absolute Gasteiger partial charge is 0.756 e. The van der Waals surface area contributed by atoms with E-state index in [0.717, 1.165) is 0 Å². The molecule has 76 valence electrons. The van der Waals surface area contributed by atoms with E-state index in [0.29, 0.717) is 0 Å². The number of aliphatic hydroxyl groups is 1. The minimum absolute atomic E-state index is 0. The Labute approximate surface area is 72.9 Å². The molecule has 0 fully saturated rings. The van der Waals surface area contributed by atoms with Gasteiger partial charge in [-0.15, -0.1) is 0 Å². The van der Waals surface area contributed by atoms with Crippen molar-refractivity contribution in [2.24, 2.45) is 0 Å². The fourth-order valence-electron chi connectivity index (χ4n) is 0.432. The predicted octanol–water partition coefficient (Wildman–Crippen LogP) is 0.872. The summed E-state index contributed by atoms with van der Waals surface area (Å²) in [6.45, 7) is 3.81. The lowest BCUT2D eigenvalue weighted by Crippen LogP contribution is -2.22. The molecule has 0 amide bonds. The second-order valence-electron chi connectivity index (χ2n) is 2.91. The summed E-state index contributed by atoms with van der Waals surface area (Å²) in [7, 11) is -4.31. The summed E-state index contributed by atoms with van der Waals surface area (Å²) in [4.78, 5) is 10.7. The first-order valence-corrected chi connectivity index (χ1v) is 4.50. The van der Waals surface area contributed by atoms with Gasteiger partial charge >= 0.3 is 0 Å².